The van der Waals surface area contributed by atoms with E-state index in [1.54, 1.807) is 0 Å². The Morgan fingerprint density at radius 3 is 2.50 bits per heavy atom. The van der Waals surface area contributed by atoms with Crippen LogP contribution in [0.2, 0.25) is 0 Å². The zero-order valence-electron chi connectivity index (χ0n) is 12.0. The van der Waals surface area contributed by atoms with E-state index in [0.29, 0.717) is 5.92 Å². The first kappa shape index (κ1) is 14.6. The van der Waals surface area contributed by atoms with Crippen LogP contribution >= 0.6 is 0 Å². The first-order valence-corrected chi connectivity index (χ1v) is 6.51. The van der Waals surface area contributed by atoms with Gasteiger partial charge in [-0.3, -0.25) is 4.79 Å². The van der Waals surface area contributed by atoms with Crippen LogP contribution in [0.15, 0.2) is 18.2 Å². The predicted molar refractivity (Wildman–Crippen MR) is 76.8 cm³/mol. The molecule has 100 valence electrons. The third-order valence-electron chi connectivity index (χ3n) is 2.84. The Morgan fingerprint density at radius 1 is 1.22 bits per heavy atom. The highest BCUT2D eigenvalue weighted by molar-refractivity contribution is 5.84. The van der Waals surface area contributed by atoms with Crippen LogP contribution in [0.4, 0.5) is 5.69 Å². The van der Waals surface area contributed by atoms with E-state index in [1.807, 2.05) is 20.8 Å². The maximum absolute atomic E-state index is 11.9. The molecular weight excluding hydrogens is 224 g/mol. The molecule has 0 aromatic heterocycles. The number of carbonyl (C=O) groups is 1. The molecular formula is C15H24N2O. The fourth-order valence-electron chi connectivity index (χ4n) is 1.65. The molecule has 3 heteroatoms. The molecule has 0 saturated heterocycles. The first-order chi connectivity index (χ1) is 8.40. The van der Waals surface area contributed by atoms with Gasteiger partial charge in [0.15, 0.2) is 0 Å². The lowest BCUT2D eigenvalue weighted by molar-refractivity contribution is -0.121. The van der Waals surface area contributed by atoms with E-state index >= 15 is 0 Å². The molecule has 0 aliphatic carbocycles. The van der Waals surface area contributed by atoms with Crippen LogP contribution in [0.5, 0.6) is 0 Å². The van der Waals surface area contributed by atoms with Gasteiger partial charge in [0.25, 0.3) is 0 Å². The molecule has 0 spiro atoms. The molecule has 1 aromatic rings. The fraction of sp³-hybridized carbons (Fsp3) is 0.533. The second kappa shape index (κ2) is 6.43. The van der Waals surface area contributed by atoms with Crippen LogP contribution in [-0.2, 0) is 4.79 Å². The van der Waals surface area contributed by atoms with Gasteiger partial charge in [0.2, 0.25) is 5.91 Å². The maximum Gasteiger partial charge on any atom is 0.242 e. The molecule has 0 aliphatic heterocycles. The molecule has 18 heavy (non-hydrogen) atoms. The standard InChI is InChI=1S/C15H24N2O/c1-10(2)9-16-15(18)13(5)17-14-8-11(3)6-7-12(14)4/h6-8,10,13,17H,9H2,1-5H3,(H,16,18). The van der Waals surface area contributed by atoms with Crippen molar-refractivity contribution in [2.45, 2.75) is 40.7 Å². The fourth-order valence-corrected chi connectivity index (χ4v) is 1.65. The van der Waals surface area contributed by atoms with E-state index in [0.717, 1.165) is 17.8 Å². The molecule has 0 fully saturated rings. The number of amides is 1. The number of hydrogen-bond donors (Lipinski definition) is 2. The maximum atomic E-state index is 11.9. The lowest BCUT2D eigenvalue weighted by atomic mass is 10.1. The zero-order chi connectivity index (χ0) is 13.7. The van der Waals surface area contributed by atoms with Gasteiger partial charge in [-0.1, -0.05) is 26.0 Å². The number of benzene rings is 1. The van der Waals surface area contributed by atoms with Crippen LogP contribution < -0.4 is 10.6 Å². The Balaban J connectivity index is 2.60. The van der Waals surface area contributed by atoms with E-state index in [4.69, 9.17) is 0 Å². The quantitative estimate of drug-likeness (QED) is 0.841. The number of nitrogens with one attached hydrogen (secondary N) is 2. The molecule has 0 heterocycles. The van der Waals surface area contributed by atoms with Gasteiger partial charge in [-0.05, 0) is 43.9 Å². The summed E-state index contributed by atoms with van der Waals surface area (Å²) in [5, 5.41) is 6.20. The molecule has 3 nitrogen and oxygen atoms in total. The second-order valence-electron chi connectivity index (χ2n) is 5.32. The Hall–Kier alpha value is -1.51. The topological polar surface area (TPSA) is 41.1 Å². The molecule has 1 amide bonds. The molecule has 0 bridgehead atoms. The van der Waals surface area contributed by atoms with Crippen LogP contribution in [0.1, 0.15) is 31.9 Å². The summed E-state index contributed by atoms with van der Waals surface area (Å²) in [6.07, 6.45) is 0. The molecule has 2 N–H and O–H groups in total. The largest absolute Gasteiger partial charge is 0.374 e. The number of rotatable bonds is 5. The number of carbonyl (C=O) groups excluding carboxylic acids is 1. The van der Waals surface area contributed by atoms with Crippen molar-refractivity contribution in [3.05, 3.63) is 29.3 Å². The SMILES string of the molecule is Cc1ccc(C)c(NC(C)C(=O)NCC(C)C)c1. The van der Waals surface area contributed by atoms with Crippen molar-refractivity contribution < 1.29 is 4.79 Å². The van der Waals surface area contributed by atoms with Crippen molar-refractivity contribution in [1.82, 2.24) is 5.32 Å². The molecule has 0 saturated carbocycles. The van der Waals surface area contributed by atoms with E-state index in [1.165, 1.54) is 5.56 Å². The van der Waals surface area contributed by atoms with Gasteiger partial charge in [-0.25, -0.2) is 0 Å². The summed E-state index contributed by atoms with van der Waals surface area (Å²) in [5.41, 5.74) is 3.38. The van der Waals surface area contributed by atoms with Gasteiger partial charge in [0, 0.05) is 12.2 Å². The Labute approximate surface area is 110 Å². The van der Waals surface area contributed by atoms with Gasteiger partial charge in [0.1, 0.15) is 6.04 Å². The minimum Gasteiger partial charge on any atom is -0.374 e. The highest BCUT2D eigenvalue weighted by atomic mass is 16.2. The van der Waals surface area contributed by atoms with Gasteiger partial charge in [-0.2, -0.15) is 0 Å². The summed E-state index contributed by atoms with van der Waals surface area (Å²) in [5.74, 6) is 0.520. The third-order valence-corrected chi connectivity index (χ3v) is 2.84. The summed E-state index contributed by atoms with van der Waals surface area (Å²) in [7, 11) is 0. The summed E-state index contributed by atoms with van der Waals surface area (Å²) in [6, 6.07) is 5.99. The molecule has 1 rings (SSSR count). The Morgan fingerprint density at radius 2 is 1.89 bits per heavy atom. The molecule has 1 atom stereocenters. The number of hydrogen-bond acceptors (Lipinski definition) is 2. The highest BCUT2D eigenvalue weighted by Crippen LogP contribution is 2.17. The summed E-state index contributed by atoms with van der Waals surface area (Å²) >= 11 is 0. The number of aryl methyl sites for hydroxylation is 2. The third kappa shape index (κ3) is 4.40. The summed E-state index contributed by atoms with van der Waals surface area (Å²) < 4.78 is 0. The van der Waals surface area contributed by atoms with Gasteiger partial charge < -0.3 is 10.6 Å². The van der Waals surface area contributed by atoms with Gasteiger partial charge >= 0.3 is 0 Å². The van der Waals surface area contributed by atoms with Crippen LogP contribution in [0, 0.1) is 19.8 Å². The van der Waals surface area contributed by atoms with Crippen LogP contribution in [0.25, 0.3) is 0 Å². The second-order valence-corrected chi connectivity index (χ2v) is 5.32. The van der Waals surface area contributed by atoms with Crippen molar-refractivity contribution in [1.29, 1.82) is 0 Å². The lowest BCUT2D eigenvalue weighted by Gasteiger charge is -2.18. The van der Waals surface area contributed by atoms with Crippen molar-refractivity contribution >= 4 is 11.6 Å². The molecule has 0 aliphatic rings. The van der Waals surface area contributed by atoms with Crippen molar-refractivity contribution in [2.24, 2.45) is 5.92 Å². The van der Waals surface area contributed by atoms with Gasteiger partial charge in [-0.15, -0.1) is 0 Å². The van der Waals surface area contributed by atoms with E-state index in [-0.39, 0.29) is 11.9 Å². The molecule has 1 aromatic carbocycles. The van der Waals surface area contributed by atoms with Gasteiger partial charge in [0.05, 0.1) is 0 Å². The summed E-state index contributed by atoms with van der Waals surface area (Å²) in [6.45, 7) is 10.9. The molecule has 1 unspecified atom stereocenters. The predicted octanol–water partition coefficient (Wildman–Crippen LogP) is 2.88. The Bertz CT molecular complexity index is 413. The highest BCUT2D eigenvalue weighted by Gasteiger charge is 2.13. The minimum absolute atomic E-state index is 0.0459. The van der Waals surface area contributed by atoms with Crippen LogP contribution in [0.3, 0.4) is 0 Å². The minimum atomic E-state index is -0.218. The van der Waals surface area contributed by atoms with E-state index < -0.39 is 0 Å². The molecule has 0 radical (unpaired) electrons. The van der Waals surface area contributed by atoms with E-state index in [9.17, 15) is 4.79 Å². The van der Waals surface area contributed by atoms with Crippen molar-refractivity contribution in [3.63, 3.8) is 0 Å². The van der Waals surface area contributed by atoms with Crippen LogP contribution in [-0.4, -0.2) is 18.5 Å². The van der Waals surface area contributed by atoms with Crippen molar-refractivity contribution in [2.75, 3.05) is 11.9 Å². The monoisotopic (exact) mass is 248 g/mol. The first-order valence-electron chi connectivity index (χ1n) is 6.51. The summed E-state index contributed by atoms with van der Waals surface area (Å²) in [4.78, 5) is 11.9. The smallest absolute Gasteiger partial charge is 0.242 e. The lowest BCUT2D eigenvalue weighted by Crippen LogP contribution is -2.39. The zero-order valence-corrected chi connectivity index (χ0v) is 12.0. The van der Waals surface area contributed by atoms with E-state index in [2.05, 4.69) is 42.7 Å². The number of anilines is 1. The average Bonchev–Trinajstić information content (AvgIpc) is 2.30. The average molecular weight is 248 g/mol. The van der Waals surface area contributed by atoms with Crippen molar-refractivity contribution in [3.8, 4) is 0 Å². The normalized spacial score (nSPS) is 12.3. The Kier molecular flexibility index (Phi) is 5.20.